The second-order valence-electron chi connectivity index (χ2n) is 7.35. The van der Waals surface area contributed by atoms with Gasteiger partial charge in [-0.2, -0.15) is 0 Å². The van der Waals surface area contributed by atoms with Gasteiger partial charge in [-0.3, -0.25) is 14.1 Å². The average Bonchev–Trinajstić information content (AvgIpc) is 2.84. The fourth-order valence-electron chi connectivity index (χ4n) is 3.49. The first-order valence-corrected chi connectivity index (χ1v) is 12.0. The van der Waals surface area contributed by atoms with E-state index in [-0.39, 0.29) is 10.6 Å². The number of nitrogens with zero attached hydrogens (tertiary/aromatic N) is 2. The Kier molecular flexibility index (Phi) is 6.74. The van der Waals surface area contributed by atoms with Crippen LogP contribution in [-0.4, -0.2) is 32.5 Å². The van der Waals surface area contributed by atoms with Gasteiger partial charge in [0.25, 0.3) is 10.0 Å². The van der Waals surface area contributed by atoms with Crippen LogP contribution in [0.4, 0.5) is 15.8 Å². The highest BCUT2D eigenvalue weighted by Gasteiger charge is 2.29. The number of aromatic nitrogens is 1. The molecule has 1 N–H and O–H groups in total. The molecule has 1 heterocycles. The summed E-state index contributed by atoms with van der Waals surface area (Å²) in [6.45, 7) is 1.87. The molecule has 1 aromatic heterocycles. The van der Waals surface area contributed by atoms with Crippen molar-refractivity contribution in [3.8, 4) is 5.75 Å². The third-order valence-electron chi connectivity index (χ3n) is 5.06. The highest BCUT2D eigenvalue weighted by atomic mass is 32.2. The number of carbonyl (C=O) groups excluding carboxylic acids is 1. The largest absolute Gasteiger partial charge is 0.494 e. The first kappa shape index (κ1) is 23.2. The summed E-state index contributed by atoms with van der Waals surface area (Å²) in [5.41, 5.74) is 0.649. The zero-order chi connectivity index (χ0) is 24.1. The van der Waals surface area contributed by atoms with Gasteiger partial charge in [-0.15, -0.1) is 0 Å². The Morgan fingerprint density at radius 2 is 1.76 bits per heavy atom. The molecule has 0 saturated carbocycles. The summed E-state index contributed by atoms with van der Waals surface area (Å²) in [7, 11) is -4.19. The number of rotatable bonds is 8. The van der Waals surface area contributed by atoms with E-state index in [1.165, 1.54) is 24.4 Å². The summed E-state index contributed by atoms with van der Waals surface area (Å²) in [4.78, 5) is 16.9. The molecule has 9 heteroatoms. The lowest BCUT2D eigenvalue weighted by atomic mass is 10.2. The van der Waals surface area contributed by atoms with Crippen LogP contribution in [0.2, 0.25) is 0 Å². The molecule has 0 spiro atoms. The lowest BCUT2D eigenvalue weighted by Crippen LogP contribution is -2.38. The van der Waals surface area contributed by atoms with Crippen molar-refractivity contribution < 1.29 is 22.3 Å². The van der Waals surface area contributed by atoms with Crippen LogP contribution in [0.1, 0.15) is 6.92 Å². The van der Waals surface area contributed by atoms with Crippen LogP contribution in [0, 0.1) is 5.82 Å². The van der Waals surface area contributed by atoms with Gasteiger partial charge in [-0.05, 0) is 67.6 Å². The fourth-order valence-corrected chi connectivity index (χ4v) is 5.13. The smallest absolute Gasteiger partial charge is 0.265 e. The van der Waals surface area contributed by atoms with Crippen molar-refractivity contribution in [2.24, 2.45) is 0 Å². The van der Waals surface area contributed by atoms with Gasteiger partial charge in [0.2, 0.25) is 5.91 Å². The molecule has 0 radical (unpaired) electrons. The van der Waals surface area contributed by atoms with Crippen molar-refractivity contribution in [3.63, 3.8) is 0 Å². The highest BCUT2D eigenvalue weighted by Crippen LogP contribution is 2.29. The molecule has 34 heavy (non-hydrogen) atoms. The number of halogens is 1. The predicted octanol–water partition coefficient (Wildman–Crippen LogP) is 4.61. The molecule has 0 aliphatic rings. The number of carbonyl (C=O) groups is 1. The molecular formula is C25H22FN3O4S. The maximum Gasteiger partial charge on any atom is 0.265 e. The normalized spacial score (nSPS) is 11.2. The Morgan fingerprint density at radius 1 is 1.03 bits per heavy atom. The molecule has 0 atom stereocenters. The van der Waals surface area contributed by atoms with E-state index in [9.17, 15) is 17.6 Å². The molecule has 0 fully saturated rings. The first-order chi connectivity index (χ1) is 16.4. The number of hydrogen-bond acceptors (Lipinski definition) is 5. The van der Waals surface area contributed by atoms with Gasteiger partial charge < -0.3 is 10.1 Å². The molecule has 0 saturated heterocycles. The number of sulfonamides is 1. The van der Waals surface area contributed by atoms with Crippen molar-refractivity contribution in [1.82, 2.24) is 4.98 Å². The lowest BCUT2D eigenvalue weighted by molar-refractivity contribution is -0.114. The summed E-state index contributed by atoms with van der Waals surface area (Å²) in [5.74, 6) is -0.420. The van der Waals surface area contributed by atoms with E-state index in [1.807, 2.05) is 6.92 Å². The van der Waals surface area contributed by atoms with Gasteiger partial charge in [-0.25, -0.2) is 12.8 Å². The van der Waals surface area contributed by atoms with Gasteiger partial charge >= 0.3 is 0 Å². The van der Waals surface area contributed by atoms with Crippen LogP contribution < -0.4 is 14.4 Å². The molecule has 0 unspecified atom stereocenters. The lowest BCUT2D eigenvalue weighted by Gasteiger charge is -2.25. The molecule has 4 rings (SSSR count). The second-order valence-corrected chi connectivity index (χ2v) is 9.18. The third-order valence-corrected chi connectivity index (χ3v) is 6.89. The van der Waals surface area contributed by atoms with Gasteiger partial charge in [0, 0.05) is 28.9 Å². The molecular weight excluding hydrogens is 457 g/mol. The molecule has 0 aliphatic heterocycles. The Morgan fingerprint density at radius 3 is 2.47 bits per heavy atom. The van der Waals surface area contributed by atoms with Crippen LogP contribution in [0.3, 0.4) is 0 Å². The number of benzene rings is 3. The van der Waals surface area contributed by atoms with E-state index < -0.39 is 28.3 Å². The summed E-state index contributed by atoms with van der Waals surface area (Å²) in [6, 6.07) is 18.1. The third kappa shape index (κ3) is 4.99. The number of hydrogen-bond donors (Lipinski definition) is 1. The van der Waals surface area contributed by atoms with Crippen molar-refractivity contribution in [3.05, 3.63) is 91.0 Å². The van der Waals surface area contributed by atoms with E-state index >= 15 is 0 Å². The topological polar surface area (TPSA) is 88.6 Å². The van der Waals surface area contributed by atoms with Gasteiger partial charge in [0.1, 0.15) is 18.1 Å². The van der Waals surface area contributed by atoms with Gasteiger partial charge in [-0.1, -0.05) is 12.1 Å². The SMILES string of the molecule is CCOc1ccc(NC(=O)CN(c2ccc(F)cc2)S(=O)(=O)c2cccc3cnccc23)cc1. The van der Waals surface area contributed by atoms with E-state index in [0.29, 0.717) is 28.8 Å². The van der Waals surface area contributed by atoms with E-state index in [2.05, 4.69) is 10.3 Å². The van der Waals surface area contributed by atoms with Crippen LogP contribution in [0.15, 0.2) is 90.1 Å². The minimum Gasteiger partial charge on any atom is -0.494 e. The number of amides is 1. The average molecular weight is 480 g/mol. The summed E-state index contributed by atoms with van der Waals surface area (Å²) in [6.07, 6.45) is 3.07. The van der Waals surface area contributed by atoms with E-state index in [0.717, 1.165) is 16.4 Å². The zero-order valence-corrected chi connectivity index (χ0v) is 19.1. The van der Waals surface area contributed by atoms with Gasteiger partial charge in [0.15, 0.2) is 0 Å². The zero-order valence-electron chi connectivity index (χ0n) is 18.3. The number of anilines is 2. The standard InChI is InChI=1S/C25H22FN3O4S/c1-2-33-22-12-8-20(9-13-22)28-25(30)17-29(21-10-6-19(26)7-11-21)34(31,32)24-5-3-4-18-16-27-15-14-23(18)24/h3-16H,2,17H2,1H3,(H,28,30). The minimum atomic E-state index is -4.19. The summed E-state index contributed by atoms with van der Waals surface area (Å²) in [5, 5.41) is 3.81. The second kappa shape index (κ2) is 9.88. The monoisotopic (exact) mass is 479 g/mol. The molecule has 174 valence electrons. The molecule has 4 aromatic rings. The van der Waals surface area contributed by atoms with Crippen molar-refractivity contribution in [2.75, 3.05) is 22.8 Å². The van der Waals surface area contributed by atoms with E-state index in [4.69, 9.17) is 4.74 Å². The maximum atomic E-state index is 13.8. The minimum absolute atomic E-state index is 0.0191. The molecule has 3 aromatic carbocycles. The Bertz CT molecular complexity index is 1400. The summed E-state index contributed by atoms with van der Waals surface area (Å²) >= 11 is 0. The van der Waals surface area contributed by atoms with Crippen LogP contribution >= 0.6 is 0 Å². The number of pyridine rings is 1. The maximum absolute atomic E-state index is 13.8. The van der Waals surface area contributed by atoms with Crippen molar-refractivity contribution in [2.45, 2.75) is 11.8 Å². The fraction of sp³-hybridized carbons (Fsp3) is 0.120. The van der Waals surface area contributed by atoms with E-state index in [1.54, 1.807) is 48.7 Å². The van der Waals surface area contributed by atoms with Crippen LogP contribution in [-0.2, 0) is 14.8 Å². The molecule has 0 aliphatic carbocycles. The Balaban J connectivity index is 1.68. The predicted molar refractivity (Wildman–Crippen MR) is 129 cm³/mol. The van der Waals surface area contributed by atoms with Crippen LogP contribution in [0.5, 0.6) is 5.75 Å². The number of ether oxygens (including phenoxy) is 1. The van der Waals surface area contributed by atoms with Gasteiger partial charge in [0.05, 0.1) is 17.2 Å². The molecule has 1 amide bonds. The number of nitrogens with one attached hydrogen (secondary N) is 1. The summed E-state index contributed by atoms with van der Waals surface area (Å²) < 4.78 is 47.4. The Labute approximate surface area is 196 Å². The number of fused-ring (bicyclic) bond motifs is 1. The van der Waals surface area contributed by atoms with Crippen molar-refractivity contribution >= 4 is 38.1 Å². The molecule has 7 nitrogen and oxygen atoms in total. The molecule has 0 bridgehead atoms. The quantitative estimate of drug-likeness (QED) is 0.399. The first-order valence-electron chi connectivity index (χ1n) is 10.5. The van der Waals surface area contributed by atoms with Crippen LogP contribution in [0.25, 0.3) is 10.8 Å². The van der Waals surface area contributed by atoms with Crippen molar-refractivity contribution in [1.29, 1.82) is 0 Å². The Hall–Kier alpha value is -3.98. The highest BCUT2D eigenvalue weighted by molar-refractivity contribution is 7.93.